The number of benzene rings is 2. The van der Waals surface area contributed by atoms with Crippen LogP contribution in [0.4, 0.5) is 0 Å². The maximum absolute atomic E-state index is 13.1. The summed E-state index contributed by atoms with van der Waals surface area (Å²) in [5.74, 6) is 1.38. The average Bonchev–Trinajstić information content (AvgIpc) is 2.70. The largest absolute Gasteiger partial charge is 0.508 e. The van der Waals surface area contributed by atoms with Crippen LogP contribution in [0.25, 0.3) is 0 Å². The van der Waals surface area contributed by atoms with E-state index in [9.17, 15) is 9.90 Å². The van der Waals surface area contributed by atoms with Gasteiger partial charge in [0.1, 0.15) is 17.2 Å². The minimum atomic E-state index is -0.109. The van der Waals surface area contributed by atoms with Gasteiger partial charge in [0.05, 0.1) is 19.8 Å². The maximum atomic E-state index is 13.1. The molecular weight excluding hydrogens is 366 g/mol. The highest BCUT2D eigenvalue weighted by molar-refractivity contribution is 6.30. The van der Waals surface area contributed by atoms with Crippen molar-refractivity contribution < 1.29 is 19.4 Å². The van der Waals surface area contributed by atoms with Crippen LogP contribution in [0.15, 0.2) is 36.4 Å². The second-order valence-electron chi connectivity index (χ2n) is 6.78. The third-order valence-electron chi connectivity index (χ3n) is 4.99. The topological polar surface area (TPSA) is 59.0 Å². The molecule has 2 aromatic rings. The van der Waals surface area contributed by atoms with Crippen LogP contribution in [0.5, 0.6) is 17.2 Å². The van der Waals surface area contributed by atoms with Crippen LogP contribution in [-0.4, -0.2) is 43.1 Å². The Kier molecular flexibility index (Phi) is 6.24. The van der Waals surface area contributed by atoms with E-state index in [4.69, 9.17) is 21.1 Å². The number of phenolic OH excluding ortho intramolecular Hbond substituents is 1. The van der Waals surface area contributed by atoms with Crippen LogP contribution in [0.3, 0.4) is 0 Å². The number of rotatable bonds is 6. The number of Topliss-reactive ketones (excluding diaryl/α,β-unsaturated/α-hetero) is 1. The van der Waals surface area contributed by atoms with E-state index in [0.717, 1.165) is 24.9 Å². The van der Waals surface area contributed by atoms with Gasteiger partial charge >= 0.3 is 0 Å². The molecule has 0 bridgehead atoms. The number of hydrogen-bond donors (Lipinski definition) is 1. The average molecular weight is 390 g/mol. The van der Waals surface area contributed by atoms with Crippen LogP contribution >= 0.6 is 11.6 Å². The molecule has 0 spiro atoms. The minimum absolute atomic E-state index is 0.0783. The number of hydrogen-bond acceptors (Lipinski definition) is 5. The normalized spacial score (nSPS) is 17.5. The third kappa shape index (κ3) is 4.54. The molecule has 1 saturated heterocycles. The van der Waals surface area contributed by atoms with Crippen molar-refractivity contribution in [2.24, 2.45) is 5.92 Å². The van der Waals surface area contributed by atoms with Crippen molar-refractivity contribution in [2.75, 3.05) is 27.3 Å². The van der Waals surface area contributed by atoms with Gasteiger partial charge in [0.15, 0.2) is 5.78 Å². The fraction of sp³-hybridized carbons (Fsp3) is 0.381. The lowest BCUT2D eigenvalue weighted by molar-refractivity contribution is 0.0808. The first-order valence-corrected chi connectivity index (χ1v) is 9.35. The number of carbonyl (C=O) groups is 1. The second-order valence-corrected chi connectivity index (χ2v) is 7.21. The zero-order valence-corrected chi connectivity index (χ0v) is 16.3. The highest BCUT2D eigenvalue weighted by Crippen LogP contribution is 2.31. The molecule has 144 valence electrons. The van der Waals surface area contributed by atoms with E-state index in [1.54, 1.807) is 50.6 Å². The van der Waals surface area contributed by atoms with Crippen molar-refractivity contribution in [3.8, 4) is 17.2 Å². The second kappa shape index (κ2) is 8.63. The Balaban J connectivity index is 1.74. The van der Waals surface area contributed by atoms with Crippen molar-refractivity contribution >= 4 is 17.4 Å². The summed E-state index contributed by atoms with van der Waals surface area (Å²) in [5.41, 5.74) is 1.35. The van der Waals surface area contributed by atoms with Gasteiger partial charge in [-0.3, -0.25) is 9.69 Å². The lowest BCUT2D eigenvalue weighted by Crippen LogP contribution is -2.38. The Labute approximate surface area is 164 Å². The van der Waals surface area contributed by atoms with Crippen molar-refractivity contribution in [3.63, 3.8) is 0 Å². The summed E-state index contributed by atoms with van der Waals surface area (Å²) in [4.78, 5) is 15.3. The molecule has 3 rings (SSSR count). The zero-order chi connectivity index (χ0) is 19.4. The maximum Gasteiger partial charge on any atom is 0.170 e. The van der Waals surface area contributed by atoms with Crippen molar-refractivity contribution in [3.05, 3.63) is 52.5 Å². The van der Waals surface area contributed by atoms with E-state index in [0.29, 0.717) is 35.2 Å². The van der Waals surface area contributed by atoms with Gasteiger partial charge in [-0.1, -0.05) is 11.6 Å². The molecule has 5 nitrogen and oxygen atoms in total. The SMILES string of the molecule is COc1ccc(C(=O)[C@@H]2CCCN(Cc3cc(Cl)ccc3O)C2)c(OC)c1. The number of methoxy groups -OCH3 is 2. The van der Waals surface area contributed by atoms with E-state index in [-0.39, 0.29) is 17.5 Å². The zero-order valence-electron chi connectivity index (χ0n) is 15.6. The van der Waals surface area contributed by atoms with Crippen LogP contribution in [-0.2, 0) is 6.54 Å². The number of likely N-dealkylation sites (tertiary alicyclic amines) is 1. The number of nitrogens with zero attached hydrogens (tertiary/aromatic N) is 1. The Morgan fingerprint density at radius 3 is 2.78 bits per heavy atom. The van der Waals surface area contributed by atoms with E-state index in [1.165, 1.54) is 0 Å². The number of ether oxygens (including phenoxy) is 2. The van der Waals surface area contributed by atoms with Gasteiger partial charge in [0.25, 0.3) is 0 Å². The predicted molar refractivity (Wildman–Crippen MR) is 105 cm³/mol. The van der Waals surface area contributed by atoms with Crippen molar-refractivity contribution in [1.29, 1.82) is 0 Å². The van der Waals surface area contributed by atoms with Crippen LogP contribution in [0.2, 0.25) is 5.02 Å². The molecule has 0 saturated carbocycles. The van der Waals surface area contributed by atoms with Gasteiger partial charge in [-0.2, -0.15) is 0 Å². The number of piperidine rings is 1. The molecule has 0 amide bonds. The number of ketones is 1. The molecule has 1 aliphatic rings. The standard InChI is InChI=1S/C21H24ClNO4/c1-26-17-6-7-18(20(11-17)27-2)21(25)14-4-3-9-23(12-14)13-15-10-16(22)5-8-19(15)24/h5-8,10-11,14,24H,3-4,9,12-13H2,1-2H3/t14-/m1/s1. The highest BCUT2D eigenvalue weighted by Gasteiger charge is 2.28. The first-order chi connectivity index (χ1) is 13.0. The number of aromatic hydroxyl groups is 1. The van der Waals surface area contributed by atoms with Gasteiger partial charge in [-0.25, -0.2) is 0 Å². The summed E-state index contributed by atoms with van der Waals surface area (Å²) in [5, 5.41) is 10.6. The lowest BCUT2D eigenvalue weighted by Gasteiger charge is -2.32. The molecule has 0 radical (unpaired) electrons. The van der Waals surface area contributed by atoms with E-state index in [2.05, 4.69) is 4.90 Å². The van der Waals surface area contributed by atoms with Crippen LogP contribution < -0.4 is 9.47 Å². The molecule has 6 heteroatoms. The van der Waals surface area contributed by atoms with Crippen LogP contribution in [0, 0.1) is 5.92 Å². The van der Waals surface area contributed by atoms with Crippen molar-refractivity contribution in [2.45, 2.75) is 19.4 Å². The van der Waals surface area contributed by atoms with Gasteiger partial charge in [-0.05, 0) is 49.7 Å². The van der Waals surface area contributed by atoms with E-state index in [1.807, 2.05) is 0 Å². The summed E-state index contributed by atoms with van der Waals surface area (Å²) >= 11 is 6.04. The molecule has 1 heterocycles. The summed E-state index contributed by atoms with van der Waals surface area (Å²) < 4.78 is 10.6. The Morgan fingerprint density at radius 1 is 1.22 bits per heavy atom. The number of halogens is 1. The summed E-state index contributed by atoms with van der Waals surface area (Å²) in [6.45, 7) is 2.09. The Hall–Kier alpha value is -2.24. The van der Waals surface area contributed by atoms with Crippen molar-refractivity contribution in [1.82, 2.24) is 4.90 Å². The first kappa shape index (κ1) is 19.5. The summed E-state index contributed by atoms with van der Waals surface area (Å²) in [6, 6.07) is 10.3. The molecule has 1 atom stereocenters. The predicted octanol–water partition coefficient (Wildman–Crippen LogP) is 4.16. The third-order valence-corrected chi connectivity index (χ3v) is 5.22. The molecule has 0 aromatic heterocycles. The summed E-state index contributed by atoms with van der Waals surface area (Å²) in [6.07, 6.45) is 1.77. The minimum Gasteiger partial charge on any atom is -0.508 e. The lowest BCUT2D eigenvalue weighted by atomic mass is 9.89. The van der Waals surface area contributed by atoms with Gasteiger partial charge in [0, 0.05) is 35.7 Å². The van der Waals surface area contributed by atoms with E-state index >= 15 is 0 Å². The quantitative estimate of drug-likeness (QED) is 0.752. The number of phenols is 1. The Morgan fingerprint density at radius 2 is 2.04 bits per heavy atom. The van der Waals surface area contributed by atoms with Gasteiger partial charge in [0.2, 0.25) is 0 Å². The molecule has 0 unspecified atom stereocenters. The molecule has 1 N–H and O–H groups in total. The molecular formula is C21H24ClNO4. The molecule has 2 aromatic carbocycles. The number of carbonyl (C=O) groups excluding carboxylic acids is 1. The fourth-order valence-corrected chi connectivity index (χ4v) is 3.75. The molecule has 27 heavy (non-hydrogen) atoms. The Bertz CT molecular complexity index is 824. The van der Waals surface area contributed by atoms with E-state index < -0.39 is 0 Å². The van der Waals surface area contributed by atoms with Gasteiger partial charge in [-0.15, -0.1) is 0 Å². The smallest absolute Gasteiger partial charge is 0.170 e. The molecule has 1 fully saturated rings. The monoisotopic (exact) mass is 389 g/mol. The first-order valence-electron chi connectivity index (χ1n) is 8.97. The van der Waals surface area contributed by atoms with Crippen LogP contribution in [0.1, 0.15) is 28.8 Å². The molecule has 0 aliphatic carbocycles. The fourth-order valence-electron chi connectivity index (χ4n) is 3.56. The highest BCUT2D eigenvalue weighted by atomic mass is 35.5. The van der Waals surface area contributed by atoms with Gasteiger partial charge < -0.3 is 14.6 Å². The summed E-state index contributed by atoms with van der Waals surface area (Å²) in [7, 11) is 3.14. The molecule has 1 aliphatic heterocycles.